The summed E-state index contributed by atoms with van der Waals surface area (Å²) in [6.07, 6.45) is 4.80. The van der Waals surface area contributed by atoms with Crippen LogP contribution in [0.15, 0.2) is 18.3 Å². The fourth-order valence-electron chi connectivity index (χ4n) is 2.18. The first-order valence-corrected chi connectivity index (χ1v) is 7.53. The van der Waals surface area contributed by atoms with Gasteiger partial charge in [-0.1, -0.05) is 0 Å². The molecule has 1 atom stereocenters. The molecule has 0 saturated carbocycles. The third kappa shape index (κ3) is 5.50. The number of carbonyl (C=O) groups is 1. The first-order chi connectivity index (χ1) is 10.8. The molecule has 7 nitrogen and oxygen atoms in total. The maximum absolute atomic E-state index is 11.8. The topological polar surface area (TPSA) is 81.7 Å². The number of hydrogen-bond acceptors (Lipinski definition) is 5. The Morgan fingerprint density at radius 1 is 1.55 bits per heavy atom. The number of nitrogens with one attached hydrogen (secondary N) is 2. The van der Waals surface area contributed by atoms with E-state index in [1.54, 1.807) is 18.3 Å². The summed E-state index contributed by atoms with van der Waals surface area (Å²) in [6.45, 7) is 2.63. The summed E-state index contributed by atoms with van der Waals surface area (Å²) in [5, 5.41) is 5.47. The molecule has 2 rings (SSSR count). The summed E-state index contributed by atoms with van der Waals surface area (Å²) < 4.78 is 16.1. The lowest BCUT2D eigenvalue weighted by Crippen LogP contribution is -2.30. The minimum Gasteiger partial charge on any atom is -0.480 e. The molecule has 0 aliphatic carbocycles. The number of methoxy groups -OCH3 is 1. The van der Waals surface area contributed by atoms with Crippen molar-refractivity contribution < 1.29 is 19.0 Å². The summed E-state index contributed by atoms with van der Waals surface area (Å²) in [7, 11) is 1.51. The van der Waals surface area contributed by atoms with Gasteiger partial charge in [-0.3, -0.25) is 0 Å². The smallest absolute Gasteiger partial charge is 0.319 e. The van der Waals surface area contributed by atoms with E-state index in [1.807, 2.05) is 0 Å². The maximum Gasteiger partial charge on any atom is 0.319 e. The summed E-state index contributed by atoms with van der Waals surface area (Å²) >= 11 is 0. The molecule has 2 heterocycles. The van der Waals surface area contributed by atoms with Crippen LogP contribution in [0.3, 0.4) is 0 Å². The lowest BCUT2D eigenvalue weighted by atomic mass is 10.2. The van der Waals surface area contributed by atoms with Gasteiger partial charge in [0.2, 0.25) is 5.88 Å². The van der Waals surface area contributed by atoms with Gasteiger partial charge < -0.3 is 24.8 Å². The molecule has 2 amide bonds. The summed E-state index contributed by atoms with van der Waals surface area (Å²) in [5.74, 6) is 0.387. The Hall–Kier alpha value is -1.86. The highest BCUT2D eigenvalue weighted by Crippen LogP contribution is 2.19. The van der Waals surface area contributed by atoms with Crippen LogP contribution in [0, 0.1) is 0 Å². The molecule has 1 saturated heterocycles. The molecule has 0 spiro atoms. The van der Waals surface area contributed by atoms with Crippen LogP contribution in [0.2, 0.25) is 0 Å². The van der Waals surface area contributed by atoms with Crippen LogP contribution in [0.5, 0.6) is 5.88 Å². The van der Waals surface area contributed by atoms with Crippen molar-refractivity contribution in [1.82, 2.24) is 10.3 Å². The van der Waals surface area contributed by atoms with E-state index in [0.29, 0.717) is 31.3 Å². The molecule has 1 aromatic rings. The van der Waals surface area contributed by atoms with Gasteiger partial charge in [-0.15, -0.1) is 0 Å². The van der Waals surface area contributed by atoms with E-state index in [-0.39, 0.29) is 12.1 Å². The average Bonchev–Trinajstić information content (AvgIpc) is 3.04. The second-order valence-corrected chi connectivity index (χ2v) is 5.00. The van der Waals surface area contributed by atoms with Crippen LogP contribution in [0.4, 0.5) is 10.5 Å². The van der Waals surface area contributed by atoms with Crippen molar-refractivity contribution in [2.45, 2.75) is 25.4 Å². The monoisotopic (exact) mass is 309 g/mol. The van der Waals surface area contributed by atoms with E-state index in [4.69, 9.17) is 14.2 Å². The zero-order chi connectivity index (χ0) is 15.6. The van der Waals surface area contributed by atoms with Crippen molar-refractivity contribution in [3.8, 4) is 5.88 Å². The molecule has 0 aromatic carbocycles. The number of aromatic nitrogens is 1. The molecular weight excluding hydrogens is 286 g/mol. The highest BCUT2D eigenvalue weighted by molar-refractivity contribution is 5.90. The van der Waals surface area contributed by atoms with Gasteiger partial charge in [0.05, 0.1) is 19.8 Å². The van der Waals surface area contributed by atoms with Crippen molar-refractivity contribution in [2.75, 3.05) is 38.8 Å². The molecule has 0 bridgehead atoms. The molecule has 2 N–H and O–H groups in total. The normalized spacial score (nSPS) is 17.2. The van der Waals surface area contributed by atoms with Gasteiger partial charge in [0.1, 0.15) is 5.69 Å². The van der Waals surface area contributed by atoms with Crippen LogP contribution in [0.25, 0.3) is 0 Å². The van der Waals surface area contributed by atoms with Crippen LogP contribution in [-0.4, -0.2) is 50.6 Å². The Labute approximate surface area is 130 Å². The molecule has 0 unspecified atom stereocenters. The number of amides is 2. The number of pyridine rings is 1. The zero-order valence-electron chi connectivity index (χ0n) is 12.8. The Kier molecular flexibility index (Phi) is 6.92. The molecule has 7 heteroatoms. The van der Waals surface area contributed by atoms with Crippen molar-refractivity contribution in [3.63, 3.8) is 0 Å². The third-order valence-corrected chi connectivity index (χ3v) is 3.29. The van der Waals surface area contributed by atoms with Crippen LogP contribution >= 0.6 is 0 Å². The first-order valence-electron chi connectivity index (χ1n) is 7.53. The molecule has 1 aliphatic rings. The second-order valence-electron chi connectivity index (χ2n) is 5.00. The first kappa shape index (κ1) is 16.5. The van der Waals surface area contributed by atoms with E-state index in [0.717, 1.165) is 25.9 Å². The standard InChI is InChI=1S/C15H23N3O4/c1-20-14-13(6-2-7-16-14)18-15(19)17-8-4-9-21-11-12-5-3-10-22-12/h2,6-7,12H,3-5,8-11H2,1H3,(H2,17,18,19)/t12-/m0/s1. The third-order valence-electron chi connectivity index (χ3n) is 3.29. The number of urea groups is 1. The Morgan fingerprint density at radius 3 is 3.23 bits per heavy atom. The number of nitrogens with zero attached hydrogens (tertiary/aromatic N) is 1. The largest absolute Gasteiger partial charge is 0.480 e. The quantitative estimate of drug-likeness (QED) is 0.716. The van der Waals surface area contributed by atoms with Crippen molar-refractivity contribution in [1.29, 1.82) is 0 Å². The van der Waals surface area contributed by atoms with Gasteiger partial charge in [-0.2, -0.15) is 0 Å². The zero-order valence-corrected chi connectivity index (χ0v) is 12.8. The van der Waals surface area contributed by atoms with E-state index in [2.05, 4.69) is 15.6 Å². The van der Waals surface area contributed by atoms with Gasteiger partial charge in [0.15, 0.2) is 0 Å². The van der Waals surface area contributed by atoms with E-state index < -0.39 is 0 Å². The van der Waals surface area contributed by atoms with Crippen LogP contribution in [0.1, 0.15) is 19.3 Å². The predicted molar refractivity (Wildman–Crippen MR) is 82.2 cm³/mol. The summed E-state index contributed by atoms with van der Waals surface area (Å²) in [4.78, 5) is 15.8. The van der Waals surface area contributed by atoms with E-state index >= 15 is 0 Å². The fraction of sp³-hybridized carbons (Fsp3) is 0.600. The minimum atomic E-state index is -0.287. The van der Waals surface area contributed by atoms with E-state index in [9.17, 15) is 4.79 Å². The number of ether oxygens (including phenoxy) is 3. The van der Waals surface area contributed by atoms with Gasteiger partial charge in [0.25, 0.3) is 0 Å². The van der Waals surface area contributed by atoms with Crippen LogP contribution in [-0.2, 0) is 9.47 Å². The molecule has 1 aliphatic heterocycles. The highest BCUT2D eigenvalue weighted by atomic mass is 16.5. The average molecular weight is 309 g/mol. The maximum atomic E-state index is 11.8. The molecular formula is C15H23N3O4. The lowest BCUT2D eigenvalue weighted by molar-refractivity contribution is 0.0168. The van der Waals surface area contributed by atoms with Crippen molar-refractivity contribution in [3.05, 3.63) is 18.3 Å². The summed E-state index contributed by atoms with van der Waals surface area (Å²) in [5.41, 5.74) is 0.539. The SMILES string of the molecule is COc1ncccc1NC(=O)NCCCOC[C@@H]1CCCO1. The number of rotatable bonds is 8. The Balaban J connectivity index is 1.55. The van der Waals surface area contributed by atoms with Gasteiger partial charge in [0, 0.05) is 26.0 Å². The predicted octanol–water partition coefficient (Wildman–Crippen LogP) is 1.80. The summed E-state index contributed by atoms with van der Waals surface area (Å²) in [6, 6.07) is 3.18. The van der Waals surface area contributed by atoms with Crippen molar-refractivity contribution in [2.24, 2.45) is 0 Å². The number of carbonyl (C=O) groups excluding carboxylic acids is 1. The fourth-order valence-corrected chi connectivity index (χ4v) is 2.18. The lowest BCUT2D eigenvalue weighted by Gasteiger charge is -2.11. The molecule has 1 aromatic heterocycles. The van der Waals surface area contributed by atoms with Crippen LogP contribution < -0.4 is 15.4 Å². The second kappa shape index (κ2) is 9.22. The van der Waals surface area contributed by atoms with Gasteiger partial charge in [-0.25, -0.2) is 9.78 Å². The molecule has 122 valence electrons. The van der Waals surface area contributed by atoms with E-state index in [1.165, 1.54) is 7.11 Å². The Bertz CT molecular complexity index is 464. The van der Waals surface area contributed by atoms with Crippen molar-refractivity contribution >= 4 is 11.7 Å². The highest BCUT2D eigenvalue weighted by Gasteiger charge is 2.14. The molecule has 22 heavy (non-hydrogen) atoms. The number of hydrogen-bond donors (Lipinski definition) is 2. The number of anilines is 1. The minimum absolute atomic E-state index is 0.245. The van der Waals surface area contributed by atoms with Gasteiger partial charge in [-0.05, 0) is 31.4 Å². The molecule has 1 fully saturated rings. The Morgan fingerprint density at radius 2 is 2.45 bits per heavy atom. The van der Waals surface area contributed by atoms with Gasteiger partial charge >= 0.3 is 6.03 Å². The molecule has 0 radical (unpaired) electrons.